The molecular weight excluding hydrogens is 262 g/mol. The van der Waals surface area contributed by atoms with Crippen LogP contribution in [-0.4, -0.2) is 30.1 Å². The number of hydrogen-bond donors (Lipinski definition) is 1. The van der Waals surface area contributed by atoms with Crippen LogP contribution in [0.2, 0.25) is 0 Å². The van der Waals surface area contributed by atoms with Gasteiger partial charge >= 0.3 is 67.8 Å². The van der Waals surface area contributed by atoms with Crippen LogP contribution in [0.25, 0.3) is 0 Å². The fourth-order valence-corrected chi connectivity index (χ4v) is 2.14. The van der Waals surface area contributed by atoms with Crippen LogP contribution in [-0.2, 0) is 6.03 Å². The molecule has 0 radical (unpaired) electrons. The van der Waals surface area contributed by atoms with Crippen LogP contribution in [0.15, 0.2) is 12.3 Å². The topological polar surface area (TPSA) is 93.1 Å². The van der Waals surface area contributed by atoms with Crippen molar-refractivity contribution in [2.45, 2.75) is 0 Å². The van der Waals surface area contributed by atoms with Crippen molar-refractivity contribution in [3.05, 3.63) is 22.4 Å². The van der Waals surface area contributed by atoms with Gasteiger partial charge in [-0.05, 0) is 0 Å². The Bertz CT molecular complexity index is 345. The maximum absolute atomic E-state index is 10.4. The summed E-state index contributed by atoms with van der Waals surface area (Å²) >= 11 is -3.97. The molecule has 0 aliphatic carbocycles. The van der Waals surface area contributed by atoms with Crippen LogP contribution in [0.4, 0.5) is 5.69 Å². The van der Waals surface area contributed by atoms with Crippen LogP contribution < -0.4 is 3.64 Å². The Kier molecular flexibility index (Phi) is 2.24. The first kappa shape index (κ1) is 8.20. The molecule has 11 heavy (non-hydrogen) atoms. The third-order valence-electron chi connectivity index (χ3n) is 1.08. The second-order valence-corrected chi connectivity index (χ2v) is 4.47. The van der Waals surface area contributed by atoms with Gasteiger partial charge in [0.1, 0.15) is 0 Å². The molecule has 0 fully saturated rings. The third-order valence-corrected chi connectivity index (χ3v) is 3.15. The van der Waals surface area contributed by atoms with E-state index < -0.39 is 25.1 Å². The van der Waals surface area contributed by atoms with E-state index in [1.54, 1.807) is 0 Å². The van der Waals surface area contributed by atoms with Crippen LogP contribution in [0, 0.1) is 10.1 Å². The molecule has 0 atom stereocenters. The first-order valence-electron chi connectivity index (χ1n) is 2.59. The van der Waals surface area contributed by atoms with Gasteiger partial charge < -0.3 is 0 Å². The Morgan fingerprint density at radius 1 is 1.55 bits per heavy atom. The summed E-state index contributed by atoms with van der Waals surface area (Å²) in [4.78, 5) is 11.7. The van der Waals surface area contributed by atoms with E-state index in [1.165, 1.54) is 6.20 Å². The monoisotopic (exact) mass is 264 g/mol. The molecule has 1 N–H and O–H groups in total. The Morgan fingerprint density at radius 2 is 2.18 bits per heavy atom. The average Bonchev–Trinajstić information content (AvgIpc) is 2.32. The Morgan fingerprint density at radius 3 is 2.55 bits per heavy atom. The van der Waals surface area contributed by atoms with Crippen LogP contribution >= 0.6 is 0 Å². The van der Waals surface area contributed by atoms with Crippen molar-refractivity contribution in [1.29, 1.82) is 0 Å². The molecular formula is C4H3N2O4Sb. The van der Waals surface area contributed by atoms with E-state index in [9.17, 15) is 16.1 Å². The zero-order chi connectivity index (χ0) is 8.43. The predicted octanol–water partition coefficient (Wildman–Crippen LogP) is -0.521. The summed E-state index contributed by atoms with van der Waals surface area (Å²) in [6.07, 6.45) is 1.24. The van der Waals surface area contributed by atoms with Crippen molar-refractivity contribution < 1.29 is 11.0 Å². The minimum absolute atomic E-state index is 0.238. The molecule has 0 aromatic carbocycles. The summed E-state index contributed by atoms with van der Waals surface area (Å²) in [5, 5.41) is 10.1. The van der Waals surface area contributed by atoms with Crippen LogP contribution in [0.3, 0.4) is 0 Å². The Labute approximate surface area is 68.1 Å². The maximum atomic E-state index is 10.4. The van der Waals surface area contributed by atoms with Crippen LogP contribution in [0.5, 0.6) is 0 Å². The van der Waals surface area contributed by atoms with Gasteiger partial charge in [-0.1, -0.05) is 0 Å². The van der Waals surface area contributed by atoms with Gasteiger partial charge in [-0.2, -0.15) is 0 Å². The molecule has 6 nitrogen and oxygen atoms in total. The molecule has 1 aromatic rings. The normalized spacial score (nSPS) is 9.45. The molecule has 0 bridgehead atoms. The number of H-pyrrole nitrogens is 1. The van der Waals surface area contributed by atoms with E-state index in [1.807, 2.05) is 0 Å². The number of aromatic amines is 1. The molecule has 0 spiro atoms. The summed E-state index contributed by atoms with van der Waals surface area (Å²) in [5.41, 5.74) is -0.363. The molecule has 0 aliphatic heterocycles. The molecule has 0 amide bonds. The first-order chi connectivity index (χ1) is 5.13. The van der Waals surface area contributed by atoms with Crippen molar-refractivity contribution in [1.82, 2.24) is 4.98 Å². The predicted molar refractivity (Wildman–Crippen MR) is 34.2 cm³/mol. The van der Waals surface area contributed by atoms with Gasteiger partial charge in [0.05, 0.1) is 0 Å². The number of aromatic nitrogens is 1. The van der Waals surface area contributed by atoms with Gasteiger partial charge in [-0.3, -0.25) is 0 Å². The van der Waals surface area contributed by atoms with Gasteiger partial charge in [0.15, 0.2) is 0 Å². The minimum atomic E-state index is -3.97. The van der Waals surface area contributed by atoms with Crippen molar-refractivity contribution in [2.75, 3.05) is 0 Å². The fourth-order valence-electron chi connectivity index (χ4n) is 0.646. The summed E-state index contributed by atoms with van der Waals surface area (Å²) in [5.74, 6) is 0. The number of nitrogens with zero attached hydrogens (tertiary/aromatic N) is 1. The average molecular weight is 265 g/mol. The van der Waals surface area contributed by atoms with Crippen LogP contribution in [0.1, 0.15) is 0 Å². The summed E-state index contributed by atoms with van der Waals surface area (Å²) in [6.45, 7) is 0. The van der Waals surface area contributed by atoms with Gasteiger partial charge in [0, 0.05) is 0 Å². The molecule has 7 heteroatoms. The van der Waals surface area contributed by atoms with E-state index in [0.29, 0.717) is 0 Å². The standard InChI is InChI=1S/C4H3N2O2.2O.Sb/c7-6(8)4-1-2-5-3-4;;;/h1-2,5H;;;. The zero-order valence-corrected chi connectivity index (χ0v) is 7.73. The van der Waals surface area contributed by atoms with Gasteiger partial charge in [-0.15, -0.1) is 0 Å². The Balaban J connectivity index is 3.27. The molecule has 0 saturated carbocycles. The fraction of sp³-hybridized carbons (Fsp3) is 0. The van der Waals surface area contributed by atoms with E-state index in [0.717, 1.165) is 6.07 Å². The van der Waals surface area contributed by atoms with Crippen molar-refractivity contribution in [3.63, 3.8) is 0 Å². The van der Waals surface area contributed by atoms with Gasteiger partial charge in [0.25, 0.3) is 0 Å². The quantitative estimate of drug-likeness (QED) is 0.442. The van der Waals surface area contributed by atoms with E-state index in [-0.39, 0.29) is 9.33 Å². The molecule has 1 aromatic heterocycles. The number of nitrogens with one attached hydrogen (secondary N) is 1. The van der Waals surface area contributed by atoms with Crippen molar-refractivity contribution >= 4 is 29.5 Å². The molecule has 0 saturated heterocycles. The summed E-state index contributed by atoms with van der Waals surface area (Å²) < 4.78 is 20.6. The molecule has 0 unspecified atom stereocenters. The molecule has 1 heterocycles. The van der Waals surface area contributed by atoms with Gasteiger partial charge in [-0.25, -0.2) is 0 Å². The summed E-state index contributed by atoms with van der Waals surface area (Å²) in [6, 6.07) is 1.13. The Hall–Kier alpha value is -0.902. The first-order valence-corrected chi connectivity index (χ1v) is 5.95. The van der Waals surface area contributed by atoms with Gasteiger partial charge in [0.2, 0.25) is 0 Å². The van der Waals surface area contributed by atoms with E-state index in [4.69, 9.17) is 0 Å². The van der Waals surface area contributed by atoms with Crippen molar-refractivity contribution in [2.24, 2.45) is 0 Å². The zero-order valence-electron chi connectivity index (χ0n) is 5.18. The second kappa shape index (κ2) is 3.00. The number of hydrogen-bond acceptors (Lipinski definition) is 4. The second-order valence-electron chi connectivity index (χ2n) is 1.73. The van der Waals surface area contributed by atoms with Crippen molar-refractivity contribution in [3.8, 4) is 0 Å². The summed E-state index contributed by atoms with van der Waals surface area (Å²) in [7, 11) is 0. The molecule has 0 aliphatic rings. The SMILES string of the molecule is O=[N+]([O-])c1cc[nH][c]1[Sb](=[O])=[O]. The third kappa shape index (κ3) is 1.57. The van der Waals surface area contributed by atoms with E-state index in [2.05, 4.69) is 4.98 Å². The molecule has 58 valence electrons. The molecule has 1 rings (SSSR count). The number of rotatable bonds is 2. The van der Waals surface area contributed by atoms with E-state index >= 15 is 0 Å². The number of nitro groups is 1.